The monoisotopic (exact) mass is 247 g/mol. The minimum absolute atomic E-state index is 0.483. The Morgan fingerprint density at radius 3 is 2.94 bits per heavy atom. The van der Waals surface area contributed by atoms with Gasteiger partial charge in [0.05, 0.1) is 5.69 Å². The number of hydrogen-bond acceptors (Lipinski definition) is 4. The van der Waals surface area contributed by atoms with Crippen molar-refractivity contribution >= 4 is 11.3 Å². The van der Waals surface area contributed by atoms with Crippen LogP contribution in [0.1, 0.15) is 25.1 Å². The normalized spacial score (nSPS) is 11.1. The topological polar surface area (TPSA) is 37.8 Å². The number of rotatable bonds is 4. The molecular formula is C13H17N3S. The third-order valence-electron chi connectivity index (χ3n) is 2.46. The number of hydrogen-bond donors (Lipinski definition) is 1. The van der Waals surface area contributed by atoms with Crippen LogP contribution in [0.25, 0.3) is 10.7 Å². The summed E-state index contributed by atoms with van der Waals surface area (Å²) in [6, 6.07) is 4.50. The van der Waals surface area contributed by atoms with Crippen LogP contribution in [-0.2, 0) is 6.54 Å². The lowest BCUT2D eigenvalue weighted by Crippen LogP contribution is -2.21. The second kappa shape index (κ2) is 5.38. The van der Waals surface area contributed by atoms with E-state index in [2.05, 4.69) is 47.5 Å². The largest absolute Gasteiger partial charge is 0.309 e. The molecule has 17 heavy (non-hydrogen) atoms. The van der Waals surface area contributed by atoms with Gasteiger partial charge in [0.2, 0.25) is 0 Å². The Kier molecular flexibility index (Phi) is 3.86. The van der Waals surface area contributed by atoms with Crippen molar-refractivity contribution < 1.29 is 0 Å². The van der Waals surface area contributed by atoms with E-state index in [4.69, 9.17) is 0 Å². The summed E-state index contributed by atoms with van der Waals surface area (Å²) in [4.78, 5) is 8.99. The van der Waals surface area contributed by atoms with Crippen LogP contribution in [-0.4, -0.2) is 16.0 Å². The number of aromatic nitrogens is 2. The Labute approximate surface area is 106 Å². The van der Waals surface area contributed by atoms with Crippen molar-refractivity contribution in [3.05, 3.63) is 35.0 Å². The van der Waals surface area contributed by atoms with Gasteiger partial charge in [-0.05, 0) is 18.6 Å². The lowest BCUT2D eigenvalue weighted by Gasteiger charge is -2.04. The summed E-state index contributed by atoms with van der Waals surface area (Å²) in [5, 5.41) is 6.46. The maximum absolute atomic E-state index is 4.61. The van der Waals surface area contributed by atoms with Gasteiger partial charge in [-0.1, -0.05) is 19.9 Å². The SMILES string of the molecule is Cc1cccnc1-c1nc(CNC(C)C)cs1. The average Bonchev–Trinajstić information content (AvgIpc) is 2.75. The average molecular weight is 247 g/mol. The zero-order valence-corrected chi connectivity index (χ0v) is 11.2. The van der Waals surface area contributed by atoms with Crippen LogP contribution in [0.4, 0.5) is 0 Å². The predicted octanol–water partition coefficient (Wildman–Crippen LogP) is 3.01. The van der Waals surface area contributed by atoms with Gasteiger partial charge in [0.1, 0.15) is 10.7 Å². The third-order valence-corrected chi connectivity index (χ3v) is 3.35. The van der Waals surface area contributed by atoms with E-state index in [9.17, 15) is 0 Å². The quantitative estimate of drug-likeness (QED) is 0.902. The van der Waals surface area contributed by atoms with Gasteiger partial charge in [0, 0.05) is 24.2 Å². The van der Waals surface area contributed by atoms with Crippen LogP contribution < -0.4 is 5.32 Å². The van der Waals surface area contributed by atoms with E-state index in [0.29, 0.717) is 6.04 Å². The number of thiazole rings is 1. The highest BCUT2D eigenvalue weighted by atomic mass is 32.1. The van der Waals surface area contributed by atoms with E-state index in [1.54, 1.807) is 11.3 Å². The Hall–Kier alpha value is -1.26. The van der Waals surface area contributed by atoms with E-state index in [-0.39, 0.29) is 0 Å². The number of aryl methyl sites for hydroxylation is 1. The molecule has 0 radical (unpaired) electrons. The van der Waals surface area contributed by atoms with Crippen LogP contribution in [0.3, 0.4) is 0 Å². The fourth-order valence-electron chi connectivity index (χ4n) is 1.52. The molecule has 0 atom stereocenters. The maximum Gasteiger partial charge on any atom is 0.142 e. The van der Waals surface area contributed by atoms with E-state index in [1.807, 2.05) is 12.3 Å². The molecule has 0 fully saturated rings. The van der Waals surface area contributed by atoms with Gasteiger partial charge < -0.3 is 5.32 Å². The molecular weight excluding hydrogens is 230 g/mol. The number of nitrogens with zero attached hydrogens (tertiary/aromatic N) is 2. The molecule has 2 aromatic rings. The molecule has 0 aromatic carbocycles. The van der Waals surface area contributed by atoms with E-state index < -0.39 is 0 Å². The highest BCUT2D eigenvalue weighted by Crippen LogP contribution is 2.24. The van der Waals surface area contributed by atoms with Gasteiger partial charge in [0.25, 0.3) is 0 Å². The lowest BCUT2D eigenvalue weighted by atomic mass is 10.2. The van der Waals surface area contributed by atoms with Crippen LogP contribution >= 0.6 is 11.3 Å². The first kappa shape index (κ1) is 12.2. The van der Waals surface area contributed by atoms with Crippen LogP contribution in [0, 0.1) is 6.92 Å². The zero-order chi connectivity index (χ0) is 12.3. The summed E-state index contributed by atoms with van der Waals surface area (Å²) in [5.74, 6) is 0. The summed E-state index contributed by atoms with van der Waals surface area (Å²) in [6.45, 7) is 7.15. The molecule has 2 heterocycles. The highest BCUT2D eigenvalue weighted by molar-refractivity contribution is 7.13. The van der Waals surface area contributed by atoms with Crippen LogP contribution in [0.5, 0.6) is 0 Å². The molecule has 3 nitrogen and oxygen atoms in total. The van der Waals surface area contributed by atoms with Crippen molar-refractivity contribution in [2.24, 2.45) is 0 Å². The molecule has 0 spiro atoms. The molecule has 2 rings (SSSR count). The van der Waals surface area contributed by atoms with Crippen molar-refractivity contribution in [3.8, 4) is 10.7 Å². The van der Waals surface area contributed by atoms with E-state index in [0.717, 1.165) is 22.9 Å². The Bertz CT molecular complexity index is 491. The molecule has 0 aliphatic carbocycles. The molecule has 2 aromatic heterocycles. The van der Waals surface area contributed by atoms with Gasteiger partial charge in [-0.3, -0.25) is 4.98 Å². The van der Waals surface area contributed by atoms with Gasteiger partial charge >= 0.3 is 0 Å². The van der Waals surface area contributed by atoms with Crippen molar-refractivity contribution in [2.75, 3.05) is 0 Å². The minimum atomic E-state index is 0.483. The van der Waals surface area contributed by atoms with E-state index in [1.165, 1.54) is 5.56 Å². The highest BCUT2D eigenvalue weighted by Gasteiger charge is 2.08. The molecule has 0 amide bonds. The fraction of sp³-hybridized carbons (Fsp3) is 0.385. The zero-order valence-electron chi connectivity index (χ0n) is 10.4. The van der Waals surface area contributed by atoms with Crippen molar-refractivity contribution in [2.45, 2.75) is 33.4 Å². The smallest absolute Gasteiger partial charge is 0.142 e. The molecule has 0 saturated heterocycles. The first-order chi connectivity index (χ1) is 8.16. The summed E-state index contributed by atoms with van der Waals surface area (Å²) < 4.78 is 0. The molecule has 90 valence electrons. The van der Waals surface area contributed by atoms with Gasteiger partial charge in [-0.2, -0.15) is 0 Å². The molecule has 0 aliphatic rings. The second-order valence-electron chi connectivity index (χ2n) is 4.35. The molecule has 1 N–H and O–H groups in total. The van der Waals surface area contributed by atoms with Gasteiger partial charge in [0.15, 0.2) is 0 Å². The molecule has 4 heteroatoms. The Balaban J connectivity index is 2.16. The van der Waals surface area contributed by atoms with Crippen molar-refractivity contribution in [1.82, 2.24) is 15.3 Å². The first-order valence-electron chi connectivity index (χ1n) is 5.76. The first-order valence-corrected chi connectivity index (χ1v) is 6.64. The minimum Gasteiger partial charge on any atom is -0.309 e. The standard InChI is InChI=1S/C13H17N3S/c1-9(2)15-7-11-8-17-13(16-11)12-10(3)5-4-6-14-12/h4-6,8-9,15H,7H2,1-3H3. The third kappa shape index (κ3) is 3.11. The fourth-order valence-corrected chi connectivity index (χ4v) is 2.39. The van der Waals surface area contributed by atoms with Crippen LogP contribution in [0.15, 0.2) is 23.7 Å². The maximum atomic E-state index is 4.61. The van der Waals surface area contributed by atoms with Crippen LogP contribution in [0.2, 0.25) is 0 Å². The molecule has 0 bridgehead atoms. The van der Waals surface area contributed by atoms with E-state index >= 15 is 0 Å². The second-order valence-corrected chi connectivity index (χ2v) is 5.21. The van der Waals surface area contributed by atoms with Gasteiger partial charge in [-0.25, -0.2) is 4.98 Å². The number of pyridine rings is 1. The predicted molar refractivity (Wildman–Crippen MR) is 72.1 cm³/mol. The van der Waals surface area contributed by atoms with Crippen molar-refractivity contribution in [1.29, 1.82) is 0 Å². The molecule has 0 aliphatic heterocycles. The number of nitrogens with one attached hydrogen (secondary N) is 1. The summed E-state index contributed by atoms with van der Waals surface area (Å²) in [6.07, 6.45) is 1.82. The Morgan fingerprint density at radius 1 is 1.41 bits per heavy atom. The Morgan fingerprint density at radius 2 is 2.24 bits per heavy atom. The van der Waals surface area contributed by atoms with Gasteiger partial charge in [-0.15, -0.1) is 11.3 Å². The lowest BCUT2D eigenvalue weighted by molar-refractivity contribution is 0.583. The van der Waals surface area contributed by atoms with Crippen molar-refractivity contribution in [3.63, 3.8) is 0 Å². The summed E-state index contributed by atoms with van der Waals surface area (Å²) in [5.41, 5.74) is 3.25. The summed E-state index contributed by atoms with van der Waals surface area (Å²) in [7, 11) is 0. The summed E-state index contributed by atoms with van der Waals surface area (Å²) >= 11 is 1.65. The molecule has 0 unspecified atom stereocenters. The molecule has 0 saturated carbocycles.